The van der Waals surface area contributed by atoms with Crippen molar-refractivity contribution >= 4 is 5.91 Å². The van der Waals surface area contributed by atoms with E-state index in [0.29, 0.717) is 6.04 Å². The molecular weight excluding hydrogens is 236 g/mol. The zero-order valence-electron chi connectivity index (χ0n) is 12.2. The number of aryl methyl sites for hydroxylation is 1. The molecule has 1 heterocycles. The molecule has 0 aromatic heterocycles. The molecule has 0 unspecified atom stereocenters. The van der Waals surface area contributed by atoms with Crippen molar-refractivity contribution in [2.75, 3.05) is 19.6 Å². The molecule has 1 amide bonds. The predicted molar refractivity (Wildman–Crippen MR) is 78.5 cm³/mol. The van der Waals surface area contributed by atoms with Crippen molar-refractivity contribution in [3.05, 3.63) is 34.9 Å². The van der Waals surface area contributed by atoms with Gasteiger partial charge in [-0.3, -0.25) is 4.79 Å². The number of nitrogens with one attached hydrogen (secondary N) is 1. The Morgan fingerprint density at radius 1 is 1.32 bits per heavy atom. The minimum atomic E-state index is 0.0798. The maximum absolute atomic E-state index is 12.3. The summed E-state index contributed by atoms with van der Waals surface area (Å²) < 4.78 is 0. The van der Waals surface area contributed by atoms with E-state index in [0.717, 1.165) is 43.6 Å². The van der Waals surface area contributed by atoms with Gasteiger partial charge in [-0.2, -0.15) is 0 Å². The summed E-state index contributed by atoms with van der Waals surface area (Å²) in [5.74, 6) is 0.0798. The third-order valence-electron chi connectivity index (χ3n) is 4.22. The van der Waals surface area contributed by atoms with Crippen LogP contribution >= 0.6 is 0 Å². The van der Waals surface area contributed by atoms with Crippen LogP contribution in [0.2, 0.25) is 0 Å². The molecule has 104 valence electrons. The highest BCUT2D eigenvalue weighted by Gasteiger charge is 2.20. The molecule has 3 heteroatoms. The first kappa shape index (κ1) is 14.1. The standard InChI is InChI=1S/C16H24N2O/c1-4-18-10-8-14(9-11-18)17-16(19)15-7-5-6-12(2)13(15)3/h5-7,14H,4,8-11H2,1-3H3,(H,17,19). The maximum Gasteiger partial charge on any atom is 0.251 e. The lowest BCUT2D eigenvalue weighted by Gasteiger charge is -2.31. The summed E-state index contributed by atoms with van der Waals surface area (Å²) in [6.45, 7) is 9.55. The van der Waals surface area contributed by atoms with E-state index in [1.165, 1.54) is 5.56 Å². The maximum atomic E-state index is 12.3. The van der Waals surface area contributed by atoms with E-state index < -0.39 is 0 Å². The molecule has 1 aliphatic heterocycles. The minimum Gasteiger partial charge on any atom is -0.349 e. The van der Waals surface area contributed by atoms with Crippen LogP contribution < -0.4 is 5.32 Å². The summed E-state index contributed by atoms with van der Waals surface area (Å²) >= 11 is 0. The second-order valence-corrected chi connectivity index (χ2v) is 5.43. The van der Waals surface area contributed by atoms with Crippen LogP contribution in [0, 0.1) is 13.8 Å². The van der Waals surface area contributed by atoms with E-state index in [4.69, 9.17) is 0 Å². The average molecular weight is 260 g/mol. The number of hydrogen-bond acceptors (Lipinski definition) is 2. The summed E-state index contributed by atoms with van der Waals surface area (Å²) in [5.41, 5.74) is 3.08. The molecule has 1 aromatic carbocycles. The molecule has 0 aliphatic carbocycles. The number of hydrogen-bond donors (Lipinski definition) is 1. The Morgan fingerprint density at radius 2 is 2.00 bits per heavy atom. The molecule has 0 radical (unpaired) electrons. The van der Waals surface area contributed by atoms with Gasteiger partial charge in [-0.1, -0.05) is 19.1 Å². The Bertz CT molecular complexity index is 448. The molecule has 19 heavy (non-hydrogen) atoms. The van der Waals surface area contributed by atoms with Crippen LogP contribution in [0.3, 0.4) is 0 Å². The van der Waals surface area contributed by atoms with Crippen LogP contribution in [0.25, 0.3) is 0 Å². The molecule has 1 saturated heterocycles. The van der Waals surface area contributed by atoms with Gasteiger partial charge in [0, 0.05) is 24.7 Å². The predicted octanol–water partition coefficient (Wildman–Crippen LogP) is 2.52. The Kier molecular flexibility index (Phi) is 4.59. The third-order valence-corrected chi connectivity index (χ3v) is 4.22. The molecule has 0 saturated carbocycles. The van der Waals surface area contributed by atoms with E-state index in [1.54, 1.807) is 0 Å². The van der Waals surface area contributed by atoms with Crippen LogP contribution in [-0.2, 0) is 0 Å². The molecule has 1 aliphatic rings. The number of rotatable bonds is 3. The van der Waals surface area contributed by atoms with Crippen molar-refractivity contribution < 1.29 is 4.79 Å². The molecule has 3 nitrogen and oxygen atoms in total. The van der Waals surface area contributed by atoms with Crippen molar-refractivity contribution in [3.8, 4) is 0 Å². The fourth-order valence-electron chi connectivity index (χ4n) is 2.65. The van der Waals surface area contributed by atoms with Crippen molar-refractivity contribution in [2.45, 2.75) is 39.7 Å². The molecule has 1 N–H and O–H groups in total. The summed E-state index contributed by atoms with van der Waals surface area (Å²) in [5, 5.41) is 3.18. The lowest BCUT2D eigenvalue weighted by Crippen LogP contribution is -2.44. The van der Waals surface area contributed by atoms with Crippen LogP contribution in [0.5, 0.6) is 0 Å². The van der Waals surface area contributed by atoms with E-state index in [9.17, 15) is 4.79 Å². The Labute approximate surface area is 116 Å². The summed E-state index contributed by atoms with van der Waals surface area (Å²) in [6, 6.07) is 6.25. The lowest BCUT2D eigenvalue weighted by atomic mass is 10.0. The Morgan fingerprint density at radius 3 is 2.63 bits per heavy atom. The normalized spacial score (nSPS) is 17.4. The van der Waals surface area contributed by atoms with Gasteiger partial charge in [0.1, 0.15) is 0 Å². The zero-order chi connectivity index (χ0) is 13.8. The minimum absolute atomic E-state index is 0.0798. The van der Waals surface area contributed by atoms with Crippen molar-refractivity contribution in [1.29, 1.82) is 0 Å². The van der Waals surface area contributed by atoms with Gasteiger partial charge in [0.15, 0.2) is 0 Å². The smallest absolute Gasteiger partial charge is 0.251 e. The van der Waals surface area contributed by atoms with Crippen molar-refractivity contribution in [3.63, 3.8) is 0 Å². The van der Waals surface area contributed by atoms with E-state index in [-0.39, 0.29) is 5.91 Å². The first-order valence-corrected chi connectivity index (χ1v) is 7.21. The van der Waals surface area contributed by atoms with E-state index in [1.807, 2.05) is 32.0 Å². The summed E-state index contributed by atoms with van der Waals surface area (Å²) in [4.78, 5) is 14.7. The highest BCUT2D eigenvalue weighted by atomic mass is 16.1. The number of benzene rings is 1. The van der Waals surface area contributed by atoms with Gasteiger partial charge in [0.25, 0.3) is 5.91 Å². The number of carbonyl (C=O) groups excluding carboxylic acids is 1. The van der Waals surface area contributed by atoms with Gasteiger partial charge >= 0.3 is 0 Å². The number of carbonyl (C=O) groups is 1. The van der Waals surface area contributed by atoms with Gasteiger partial charge in [-0.25, -0.2) is 0 Å². The molecule has 2 rings (SSSR count). The molecule has 0 atom stereocenters. The first-order valence-electron chi connectivity index (χ1n) is 7.21. The Hall–Kier alpha value is -1.35. The SMILES string of the molecule is CCN1CCC(NC(=O)c2cccc(C)c2C)CC1. The van der Waals surface area contributed by atoms with Crippen LogP contribution in [0.15, 0.2) is 18.2 Å². The van der Waals surface area contributed by atoms with Crippen molar-refractivity contribution in [1.82, 2.24) is 10.2 Å². The first-order chi connectivity index (χ1) is 9.11. The summed E-state index contributed by atoms with van der Waals surface area (Å²) in [6.07, 6.45) is 2.12. The molecular formula is C16H24N2O. The second kappa shape index (κ2) is 6.20. The zero-order valence-corrected chi connectivity index (χ0v) is 12.2. The highest BCUT2D eigenvalue weighted by molar-refractivity contribution is 5.96. The molecule has 0 spiro atoms. The lowest BCUT2D eigenvalue weighted by molar-refractivity contribution is 0.0912. The topological polar surface area (TPSA) is 32.3 Å². The second-order valence-electron chi connectivity index (χ2n) is 5.43. The monoisotopic (exact) mass is 260 g/mol. The van der Waals surface area contributed by atoms with E-state index >= 15 is 0 Å². The van der Waals surface area contributed by atoms with Gasteiger partial charge in [0.05, 0.1) is 0 Å². The number of nitrogens with zero attached hydrogens (tertiary/aromatic N) is 1. The highest BCUT2D eigenvalue weighted by Crippen LogP contribution is 2.15. The van der Waals surface area contributed by atoms with E-state index in [2.05, 4.69) is 17.1 Å². The third kappa shape index (κ3) is 3.35. The average Bonchev–Trinajstić information content (AvgIpc) is 2.42. The molecule has 1 fully saturated rings. The van der Waals surface area contributed by atoms with Crippen molar-refractivity contribution in [2.24, 2.45) is 0 Å². The molecule has 0 bridgehead atoms. The fraction of sp³-hybridized carbons (Fsp3) is 0.562. The van der Waals surface area contributed by atoms with Gasteiger partial charge in [-0.15, -0.1) is 0 Å². The Balaban J connectivity index is 1.96. The van der Waals surface area contributed by atoms with Crippen LogP contribution in [-0.4, -0.2) is 36.5 Å². The largest absolute Gasteiger partial charge is 0.349 e. The fourth-order valence-corrected chi connectivity index (χ4v) is 2.65. The van der Waals surface area contributed by atoms with Crippen LogP contribution in [0.1, 0.15) is 41.3 Å². The van der Waals surface area contributed by atoms with Crippen LogP contribution in [0.4, 0.5) is 0 Å². The molecule has 1 aromatic rings. The van der Waals surface area contributed by atoms with Gasteiger partial charge in [-0.05, 0) is 50.4 Å². The van der Waals surface area contributed by atoms with Gasteiger partial charge in [0.2, 0.25) is 0 Å². The van der Waals surface area contributed by atoms with Gasteiger partial charge < -0.3 is 10.2 Å². The quantitative estimate of drug-likeness (QED) is 0.905. The number of amides is 1. The number of piperidine rings is 1. The number of likely N-dealkylation sites (tertiary alicyclic amines) is 1. The summed E-state index contributed by atoms with van der Waals surface area (Å²) in [7, 11) is 0.